The first-order valence-corrected chi connectivity index (χ1v) is 7.47. The van der Waals surface area contributed by atoms with Crippen LogP contribution in [0.4, 0.5) is 0 Å². The molecule has 0 amide bonds. The molecule has 1 aromatic carbocycles. The lowest BCUT2D eigenvalue weighted by atomic mass is 9.81. The van der Waals surface area contributed by atoms with E-state index in [2.05, 4.69) is 26.1 Å². The Labute approximate surface area is 127 Å². The van der Waals surface area contributed by atoms with Crippen LogP contribution in [0.15, 0.2) is 12.1 Å². The van der Waals surface area contributed by atoms with Crippen LogP contribution in [0.2, 0.25) is 5.02 Å². The molecule has 1 aromatic rings. The van der Waals surface area contributed by atoms with E-state index < -0.39 is 0 Å². The number of benzene rings is 1. The van der Waals surface area contributed by atoms with Gasteiger partial charge in [-0.1, -0.05) is 38.4 Å². The third-order valence-electron chi connectivity index (χ3n) is 3.57. The predicted octanol–water partition coefficient (Wildman–Crippen LogP) is 4.02. The Bertz CT molecular complexity index is 433. The van der Waals surface area contributed by atoms with Crippen LogP contribution in [0, 0.1) is 0 Å². The molecule has 3 nitrogen and oxygen atoms in total. The van der Waals surface area contributed by atoms with E-state index >= 15 is 0 Å². The Kier molecular flexibility index (Phi) is 6.63. The van der Waals surface area contributed by atoms with Crippen molar-refractivity contribution in [1.29, 1.82) is 0 Å². The molecule has 0 bridgehead atoms. The van der Waals surface area contributed by atoms with Gasteiger partial charge in [-0.15, -0.1) is 0 Å². The molecule has 0 saturated heterocycles. The average Bonchev–Trinajstić information content (AvgIpc) is 2.43. The molecular formula is C16H26ClNO2. The van der Waals surface area contributed by atoms with Crippen LogP contribution in [0.5, 0.6) is 11.5 Å². The zero-order valence-corrected chi connectivity index (χ0v) is 13.9. The fourth-order valence-electron chi connectivity index (χ4n) is 2.27. The summed E-state index contributed by atoms with van der Waals surface area (Å²) in [4.78, 5) is 0. The molecule has 0 spiro atoms. The zero-order valence-electron chi connectivity index (χ0n) is 13.2. The fraction of sp³-hybridized carbons (Fsp3) is 0.625. The van der Waals surface area contributed by atoms with Crippen LogP contribution >= 0.6 is 11.6 Å². The number of ether oxygens (including phenoxy) is 2. The van der Waals surface area contributed by atoms with Gasteiger partial charge in [0.15, 0.2) is 0 Å². The molecule has 0 heterocycles. The first kappa shape index (κ1) is 17.1. The minimum Gasteiger partial charge on any atom is -0.495 e. The summed E-state index contributed by atoms with van der Waals surface area (Å²) in [5.74, 6) is 1.36. The Morgan fingerprint density at radius 1 is 1.15 bits per heavy atom. The van der Waals surface area contributed by atoms with Gasteiger partial charge in [0.25, 0.3) is 0 Å². The molecule has 0 aromatic heterocycles. The molecule has 0 saturated carbocycles. The van der Waals surface area contributed by atoms with Crippen molar-refractivity contribution in [2.45, 2.75) is 39.0 Å². The topological polar surface area (TPSA) is 30.5 Å². The SMILES string of the molecule is CCCNCCC(C)(C)c1ccc(OC)c(Cl)c1OC. The van der Waals surface area contributed by atoms with E-state index in [9.17, 15) is 0 Å². The Morgan fingerprint density at radius 3 is 2.40 bits per heavy atom. The van der Waals surface area contributed by atoms with E-state index in [1.165, 1.54) is 0 Å². The molecule has 0 unspecified atom stereocenters. The highest BCUT2D eigenvalue weighted by Crippen LogP contribution is 2.42. The second kappa shape index (κ2) is 7.75. The summed E-state index contributed by atoms with van der Waals surface area (Å²) in [5, 5.41) is 3.98. The van der Waals surface area contributed by atoms with Crippen LogP contribution < -0.4 is 14.8 Å². The van der Waals surface area contributed by atoms with Gasteiger partial charge in [-0.2, -0.15) is 0 Å². The lowest BCUT2D eigenvalue weighted by Gasteiger charge is -2.28. The maximum Gasteiger partial charge on any atom is 0.144 e. The molecule has 114 valence electrons. The summed E-state index contributed by atoms with van der Waals surface area (Å²) >= 11 is 6.34. The van der Waals surface area contributed by atoms with Gasteiger partial charge in [-0.25, -0.2) is 0 Å². The molecule has 0 radical (unpaired) electrons. The molecule has 0 aliphatic rings. The Morgan fingerprint density at radius 2 is 1.85 bits per heavy atom. The van der Waals surface area contributed by atoms with Gasteiger partial charge in [0.05, 0.1) is 14.2 Å². The summed E-state index contributed by atoms with van der Waals surface area (Å²) in [6.45, 7) is 8.62. The number of halogens is 1. The van der Waals surface area contributed by atoms with E-state index in [0.717, 1.165) is 31.5 Å². The van der Waals surface area contributed by atoms with Gasteiger partial charge in [-0.3, -0.25) is 0 Å². The lowest BCUT2D eigenvalue weighted by Crippen LogP contribution is -2.26. The first-order valence-electron chi connectivity index (χ1n) is 7.09. The minimum atomic E-state index is -0.0119. The largest absolute Gasteiger partial charge is 0.495 e. The van der Waals surface area contributed by atoms with Crippen molar-refractivity contribution in [3.05, 3.63) is 22.7 Å². The zero-order chi connectivity index (χ0) is 15.2. The standard InChI is InChI=1S/C16H26ClNO2/c1-6-10-18-11-9-16(2,3)12-7-8-13(19-4)14(17)15(12)20-5/h7-8,18H,6,9-11H2,1-5H3. The van der Waals surface area contributed by atoms with Gasteiger partial charge in [0.1, 0.15) is 16.5 Å². The summed E-state index contributed by atoms with van der Waals surface area (Å²) in [7, 11) is 3.26. The van der Waals surface area contributed by atoms with Gasteiger partial charge in [0, 0.05) is 5.56 Å². The highest BCUT2D eigenvalue weighted by molar-refractivity contribution is 6.33. The monoisotopic (exact) mass is 299 g/mol. The van der Waals surface area contributed by atoms with Crippen molar-refractivity contribution >= 4 is 11.6 Å². The molecule has 1 N–H and O–H groups in total. The van der Waals surface area contributed by atoms with Gasteiger partial charge < -0.3 is 14.8 Å². The van der Waals surface area contributed by atoms with Crippen LogP contribution in [-0.2, 0) is 5.41 Å². The highest BCUT2D eigenvalue weighted by Gasteiger charge is 2.26. The number of methoxy groups -OCH3 is 2. The van der Waals surface area contributed by atoms with Crippen LogP contribution in [-0.4, -0.2) is 27.3 Å². The van der Waals surface area contributed by atoms with Crippen molar-refractivity contribution in [3.8, 4) is 11.5 Å². The number of rotatable bonds is 8. The number of hydrogen-bond acceptors (Lipinski definition) is 3. The first-order chi connectivity index (χ1) is 9.47. The second-order valence-electron chi connectivity index (χ2n) is 5.55. The number of nitrogens with one attached hydrogen (secondary N) is 1. The van der Waals surface area contributed by atoms with Crippen LogP contribution in [0.1, 0.15) is 39.2 Å². The van der Waals surface area contributed by atoms with Crippen LogP contribution in [0.3, 0.4) is 0 Å². The Hall–Kier alpha value is -0.930. The molecule has 4 heteroatoms. The maximum atomic E-state index is 6.34. The molecular weight excluding hydrogens is 274 g/mol. The van der Waals surface area contributed by atoms with Crippen molar-refractivity contribution in [3.63, 3.8) is 0 Å². The van der Waals surface area contributed by atoms with Crippen molar-refractivity contribution < 1.29 is 9.47 Å². The van der Waals surface area contributed by atoms with Crippen LogP contribution in [0.25, 0.3) is 0 Å². The van der Waals surface area contributed by atoms with Crippen molar-refractivity contribution in [2.75, 3.05) is 27.3 Å². The van der Waals surface area contributed by atoms with E-state index in [4.69, 9.17) is 21.1 Å². The third kappa shape index (κ3) is 4.03. The van der Waals surface area contributed by atoms with E-state index in [0.29, 0.717) is 16.5 Å². The highest BCUT2D eigenvalue weighted by atomic mass is 35.5. The minimum absolute atomic E-state index is 0.0119. The van der Waals surface area contributed by atoms with Gasteiger partial charge in [-0.05, 0) is 37.4 Å². The molecule has 0 aliphatic heterocycles. The summed E-state index contributed by atoms with van der Waals surface area (Å²) in [6.07, 6.45) is 2.17. The average molecular weight is 300 g/mol. The third-order valence-corrected chi connectivity index (χ3v) is 3.93. The predicted molar refractivity (Wildman–Crippen MR) is 85.4 cm³/mol. The molecule has 1 rings (SSSR count). The maximum absolute atomic E-state index is 6.34. The molecule has 20 heavy (non-hydrogen) atoms. The fourth-order valence-corrected chi connectivity index (χ4v) is 2.58. The van der Waals surface area contributed by atoms with Gasteiger partial charge >= 0.3 is 0 Å². The summed E-state index contributed by atoms with van der Waals surface area (Å²) in [6, 6.07) is 3.95. The molecule has 0 atom stereocenters. The van der Waals surface area contributed by atoms with E-state index in [1.54, 1.807) is 14.2 Å². The lowest BCUT2D eigenvalue weighted by molar-refractivity contribution is 0.372. The quantitative estimate of drug-likeness (QED) is 0.735. The molecule has 0 aliphatic carbocycles. The summed E-state index contributed by atoms with van der Waals surface area (Å²) in [5.41, 5.74) is 1.10. The normalized spacial score (nSPS) is 11.5. The van der Waals surface area contributed by atoms with Crippen molar-refractivity contribution in [1.82, 2.24) is 5.32 Å². The van der Waals surface area contributed by atoms with E-state index in [-0.39, 0.29) is 5.41 Å². The van der Waals surface area contributed by atoms with Gasteiger partial charge in [0.2, 0.25) is 0 Å². The Balaban J connectivity index is 2.96. The number of hydrogen-bond donors (Lipinski definition) is 1. The summed E-state index contributed by atoms with van der Waals surface area (Å²) < 4.78 is 10.7. The van der Waals surface area contributed by atoms with Crippen molar-refractivity contribution in [2.24, 2.45) is 0 Å². The smallest absolute Gasteiger partial charge is 0.144 e. The molecule has 0 fully saturated rings. The van der Waals surface area contributed by atoms with E-state index in [1.807, 2.05) is 12.1 Å². The second-order valence-corrected chi connectivity index (χ2v) is 5.92.